The summed E-state index contributed by atoms with van der Waals surface area (Å²) in [7, 11) is -1.75. The number of esters is 2. The minimum atomic E-state index is -1.75. The zero-order valence-electron chi connectivity index (χ0n) is 27.2. The number of nitrogens with one attached hydrogen (secondary N) is 1. The molecule has 16 nitrogen and oxygen atoms in total. The van der Waals surface area contributed by atoms with Gasteiger partial charge in [-0.1, -0.05) is 12.1 Å². The molecule has 4 atom stereocenters. The van der Waals surface area contributed by atoms with E-state index in [1.165, 1.54) is 65.4 Å². The van der Waals surface area contributed by atoms with Crippen molar-refractivity contribution in [2.24, 2.45) is 0 Å². The number of nitriles is 1. The van der Waals surface area contributed by atoms with Gasteiger partial charge in [0, 0.05) is 42.9 Å². The Morgan fingerprint density at radius 3 is 2.33 bits per heavy atom. The maximum atomic E-state index is 13.4. The summed E-state index contributed by atoms with van der Waals surface area (Å²) in [6.45, 7) is 7.66. The van der Waals surface area contributed by atoms with E-state index in [4.69, 9.17) is 28.5 Å². The summed E-state index contributed by atoms with van der Waals surface area (Å²) >= 11 is 0. The Morgan fingerprint density at radius 1 is 1.08 bits per heavy atom. The first-order chi connectivity index (χ1) is 23.4. The fraction of sp³-hybridized carbons (Fsp3) is 0.406. The number of H-pyrrole nitrogens is 1. The minimum absolute atomic E-state index is 0.00771. The van der Waals surface area contributed by atoms with Crippen molar-refractivity contribution >= 4 is 26.2 Å². The van der Waals surface area contributed by atoms with Gasteiger partial charge in [-0.15, -0.1) is 0 Å². The Hall–Kier alpha value is -4.78. The number of carbonyl (C=O) groups excluding carboxylic acids is 2. The normalized spacial score (nSPS) is 18.0. The molecule has 0 bridgehead atoms. The summed E-state index contributed by atoms with van der Waals surface area (Å²) in [5, 5.41) is 20.0. The number of nitro benzene ring substituents is 1. The Kier molecular flexibility index (Phi) is 12.9. The van der Waals surface area contributed by atoms with E-state index >= 15 is 0 Å². The van der Waals surface area contributed by atoms with Crippen LogP contribution in [0.25, 0.3) is 0 Å². The molecule has 3 aromatic rings. The van der Waals surface area contributed by atoms with Crippen molar-refractivity contribution in [1.29, 1.82) is 5.26 Å². The van der Waals surface area contributed by atoms with Gasteiger partial charge in [0.15, 0.2) is 0 Å². The van der Waals surface area contributed by atoms with Crippen molar-refractivity contribution < 1.29 is 37.8 Å². The lowest BCUT2D eigenvalue weighted by Gasteiger charge is -2.37. The third-order valence-electron chi connectivity index (χ3n) is 7.23. The fourth-order valence-corrected chi connectivity index (χ4v) is 6.83. The molecule has 1 aromatic heterocycles. The molecular weight excluding hydrogens is 661 g/mol. The summed E-state index contributed by atoms with van der Waals surface area (Å²) in [6, 6.07) is 13.9. The maximum Gasteiger partial charge on any atom is 0.344 e. The minimum Gasteiger partial charge on any atom is -0.459 e. The smallest absolute Gasteiger partial charge is 0.344 e. The molecule has 0 amide bonds. The monoisotopic (exact) mass is 697 g/mol. The molecule has 4 rings (SSSR count). The van der Waals surface area contributed by atoms with Crippen molar-refractivity contribution in [3.63, 3.8) is 0 Å². The first-order valence-corrected chi connectivity index (χ1v) is 16.5. The molecule has 2 aromatic carbocycles. The van der Waals surface area contributed by atoms with Crippen LogP contribution in [-0.2, 0) is 18.5 Å². The molecule has 1 unspecified atom stereocenters. The van der Waals surface area contributed by atoms with Gasteiger partial charge in [0.1, 0.15) is 24.7 Å². The molecule has 0 radical (unpaired) electrons. The number of nitro groups is 1. The van der Waals surface area contributed by atoms with Crippen molar-refractivity contribution in [2.45, 2.75) is 71.1 Å². The standard InChI is InChI=1S/C32H36N5O11P/c1-20(2)36(21(3)4)49(45-17-7-15-33)48-26-18-29(35-16-14-28(38)34-32(35)41)47-27(26)19-44-30(39)24-8-5-6-9-25(24)31(40)46-23-12-10-22(11-13-23)37(42)43/h5-6,8-14,16,20-21,26-27,29H,7,17-19H2,1-4H3,(H,34,38,41)/t26-,27+,29+,49?/m0/s1. The number of hydrogen-bond donors (Lipinski definition) is 1. The van der Waals surface area contributed by atoms with Crippen molar-refractivity contribution in [3.05, 3.63) is 103 Å². The quantitative estimate of drug-likeness (QED) is 0.0582. The van der Waals surface area contributed by atoms with Crippen molar-refractivity contribution in [3.8, 4) is 11.8 Å². The molecule has 49 heavy (non-hydrogen) atoms. The van der Waals surface area contributed by atoms with E-state index in [1.807, 2.05) is 38.4 Å². The molecule has 0 aliphatic carbocycles. The molecule has 1 aliphatic rings. The van der Waals surface area contributed by atoms with E-state index in [2.05, 4.69) is 4.98 Å². The van der Waals surface area contributed by atoms with Crippen LogP contribution in [0.2, 0.25) is 0 Å². The number of nitrogens with zero attached hydrogens (tertiary/aromatic N) is 4. The predicted octanol–water partition coefficient (Wildman–Crippen LogP) is 4.47. The molecule has 0 saturated carbocycles. The largest absolute Gasteiger partial charge is 0.459 e. The van der Waals surface area contributed by atoms with Crippen LogP contribution >= 0.6 is 8.53 Å². The van der Waals surface area contributed by atoms with Crippen LogP contribution in [0.1, 0.15) is 67.5 Å². The van der Waals surface area contributed by atoms with Crippen LogP contribution in [0.15, 0.2) is 70.4 Å². The fourth-order valence-electron chi connectivity index (χ4n) is 5.07. The first kappa shape index (κ1) is 37.0. The van der Waals surface area contributed by atoms with E-state index in [0.717, 1.165) is 0 Å². The lowest BCUT2D eigenvalue weighted by Crippen LogP contribution is -2.37. The average Bonchev–Trinajstić information content (AvgIpc) is 3.45. The summed E-state index contributed by atoms with van der Waals surface area (Å²) in [4.78, 5) is 63.3. The summed E-state index contributed by atoms with van der Waals surface area (Å²) in [5.74, 6) is -1.73. The second-order valence-electron chi connectivity index (χ2n) is 11.4. The lowest BCUT2D eigenvalue weighted by atomic mass is 10.1. The number of aromatic nitrogens is 2. The highest BCUT2D eigenvalue weighted by Crippen LogP contribution is 2.50. The molecule has 1 saturated heterocycles. The first-order valence-electron chi connectivity index (χ1n) is 15.3. The van der Waals surface area contributed by atoms with E-state index in [0.29, 0.717) is 0 Å². The average molecular weight is 698 g/mol. The van der Waals surface area contributed by atoms with E-state index in [1.54, 1.807) is 0 Å². The van der Waals surface area contributed by atoms with Crippen LogP contribution in [0, 0.1) is 21.4 Å². The highest BCUT2D eigenvalue weighted by Gasteiger charge is 2.42. The number of ether oxygens (including phenoxy) is 3. The van der Waals surface area contributed by atoms with Gasteiger partial charge in [-0.25, -0.2) is 19.1 Å². The number of non-ortho nitro benzene ring substituents is 1. The van der Waals surface area contributed by atoms with Crippen LogP contribution in [0.4, 0.5) is 5.69 Å². The van der Waals surface area contributed by atoms with Gasteiger partial charge < -0.3 is 23.3 Å². The van der Waals surface area contributed by atoms with Gasteiger partial charge in [0.25, 0.3) is 19.8 Å². The predicted molar refractivity (Wildman–Crippen MR) is 175 cm³/mol. The summed E-state index contributed by atoms with van der Waals surface area (Å²) in [6.07, 6.45) is -1.04. The van der Waals surface area contributed by atoms with Gasteiger partial charge in [0.2, 0.25) is 0 Å². The molecule has 1 aliphatic heterocycles. The lowest BCUT2D eigenvalue weighted by molar-refractivity contribution is -0.384. The Labute approximate surface area is 282 Å². The number of rotatable bonds is 15. The zero-order valence-corrected chi connectivity index (χ0v) is 28.1. The Morgan fingerprint density at radius 2 is 1.73 bits per heavy atom. The molecule has 260 valence electrons. The topological polar surface area (TPSA) is 205 Å². The van der Waals surface area contributed by atoms with Gasteiger partial charge in [0.05, 0.1) is 41.3 Å². The molecule has 17 heteroatoms. The van der Waals surface area contributed by atoms with E-state index < -0.39 is 55.1 Å². The molecule has 1 fully saturated rings. The van der Waals surface area contributed by atoms with Crippen LogP contribution < -0.4 is 16.0 Å². The Bertz CT molecular complexity index is 1780. The zero-order chi connectivity index (χ0) is 35.7. The molecular formula is C32H36N5O11P. The summed E-state index contributed by atoms with van der Waals surface area (Å²) in [5.41, 5.74) is -1.68. The molecule has 1 N–H and O–H groups in total. The van der Waals surface area contributed by atoms with Gasteiger partial charge in [-0.05, 0) is 52.0 Å². The van der Waals surface area contributed by atoms with E-state index in [-0.39, 0.29) is 60.7 Å². The van der Waals surface area contributed by atoms with Crippen molar-refractivity contribution in [2.75, 3.05) is 13.2 Å². The second kappa shape index (κ2) is 17.0. The number of carbonyl (C=O) groups is 2. The highest BCUT2D eigenvalue weighted by molar-refractivity contribution is 7.44. The SMILES string of the molecule is CC(C)N(C(C)C)P(OCCC#N)O[C@H]1C[C@H](n2ccc(=O)[nH]c2=O)O[C@@H]1COC(=O)c1ccccc1C(=O)Oc1ccc([N+](=O)[O-])cc1. The number of benzene rings is 2. The van der Waals surface area contributed by atoms with Crippen LogP contribution in [0.5, 0.6) is 5.75 Å². The molecule has 0 spiro atoms. The van der Waals surface area contributed by atoms with Crippen LogP contribution in [0.3, 0.4) is 0 Å². The Balaban J connectivity index is 1.55. The number of aromatic amines is 1. The highest BCUT2D eigenvalue weighted by atomic mass is 31.2. The van der Waals surface area contributed by atoms with Gasteiger partial charge in [-0.3, -0.25) is 24.5 Å². The molecule has 2 heterocycles. The van der Waals surface area contributed by atoms with Crippen molar-refractivity contribution in [1.82, 2.24) is 14.2 Å². The number of hydrogen-bond acceptors (Lipinski definition) is 13. The maximum absolute atomic E-state index is 13.4. The summed E-state index contributed by atoms with van der Waals surface area (Å²) < 4.78 is 32.9. The van der Waals surface area contributed by atoms with E-state index in [9.17, 15) is 29.3 Å². The van der Waals surface area contributed by atoms with Gasteiger partial charge in [-0.2, -0.15) is 5.26 Å². The second-order valence-corrected chi connectivity index (χ2v) is 12.8. The van der Waals surface area contributed by atoms with Gasteiger partial charge >= 0.3 is 17.6 Å². The third-order valence-corrected chi connectivity index (χ3v) is 9.39. The third kappa shape index (κ3) is 9.65. The van der Waals surface area contributed by atoms with Crippen LogP contribution in [-0.4, -0.2) is 68.6 Å².